The third kappa shape index (κ3) is 54.7. The van der Waals surface area contributed by atoms with Crippen molar-refractivity contribution >= 4 is 11.9 Å². The molecular weight excluding hydrogens is 1100 g/mol. The Hall–Kier alpha value is -1.86. The van der Waals surface area contributed by atoms with Gasteiger partial charge in [-0.15, -0.1) is 0 Å². The monoisotopic (exact) mass is 1250 g/mol. The first-order valence-corrected chi connectivity index (χ1v) is 38.6. The second-order valence-corrected chi connectivity index (χ2v) is 27.1. The summed E-state index contributed by atoms with van der Waals surface area (Å²) in [4.78, 5) is 25.1. The van der Waals surface area contributed by atoms with Gasteiger partial charge in [0.2, 0.25) is 5.91 Å². The van der Waals surface area contributed by atoms with Gasteiger partial charge >= 0.3 is 5.97 Å². The minimum absolute atomic E-state index is 0.00850. The molecule has 0 aliphatic carbocycles. The Balaban J connectivity index is 1.86. The van der Waals surface area contributed by atoms with Gasteiger partial charge in [-0.2, -0.15) is 0 Å². The van der Waals surface area contributed by atoms with Crippen molar-refractivity contribution in [1.29, 1.82) is 0 Å². The molecule has 520 valence electrons. The molecule has 0 spiro atoms. The number of allylic oxidation sites excluding steroid dienone is 3. The van der Waals surface area contributed by atoms with Crippen LogP contribution in [0.25, 0.3) is 0 Å². The number of nitrogens with one attached hydrogen (secondary N) is 1. The van der Waals surface area contributed by atoms with Crippen LogP contribution in [0.5, 0.6) is 0 Å². The van der Waals surface area contributed by atoms with Crippen molar-refractivity contribution in [2.24, 2.45) is 0 Å². The largest absolute Gasteiger partial charge is 0.466 e. The molecule has 7 unspecified atom stereocenters. The molecule has 88 heavy (non-hydrogen) atoms. The first-order valence-electron chi connectivity index (χ1n) is 38.6. The van der Waals surface area contributed by atoms with Crippen LogP contribution in [0.2, 0.25) is 0 Å². The number of rotatable bonds is 69. The second-order valence-electron chi connectivity index (χ2n) is 27.1. The molecule has 1 heterocycles. The van der Waals surface area contributed by atoms with Crippen LogP contribution in [-0.4, -0.2) is 100 Å². The number of unbranched alkanes of at least 4 members (excludes halogenated alkanes) is 53. The van der Waals surface area contributed by atoms with E-state index in [2.05, 4.69) is 31.3 Å². The summed E-state index contributed by atoms with van der Waals surface area (Å²) in [6, 6.07) is -0.804. The van der Waals surface area contributed by atoms with Crippen LogP contribution >= 0.6 is 0 Å². The summed E-state index contributed by atoms with van der Waals surface area (Å²) in [7, 11) is 0. The number of hydrogen-bond donors (Lipinski definition) is 6. The topological polar surface area (TPSA) is 175 Å². The van der Waals surface area contributed by atoms with E-state index in [1.807, 2.05) is 6.08 Å². The van der Waals surface area contributed by atoms with Crippen molar-refractivity contribution < 1.29 is 49.3 Å². The highest BCUT2D eigenvalue weighted by Crippen LogP contribution is 2.24. The van der Waals surface area contributed by atoms with Crippen molar-refractivity contribution in [3.63, 3.8) is 0 Å². The number of hydrogen-bond acceptors (Lipinski definition) is 10. The van der Waals surface area contributed by atoms with Crippen LogP contribution in [-0.2, 0) is 23.8 Å². The van der Waals surface area contributed by atoms with Gasteiger partial charge in [0.05, 0.1) is 32.0 Å². The zero-order valence-corrected chi connectivity index (χ0v) is 58.0. The summed E-state index contributed by atoms with van der Waals surface area (Å²) in [6.45, 7) is 4.36. The molecule has 0 aromatic carbocycles. The first-order chi connectivity index (χ1) is 43.2. The van der Waals surface area contributed by atoms with Gasteiger partial charge in [-0.25, -0.2) is 0 Å². The Morgan fingerprint density at radius 3 is 1.10 bits per heavy atom. The third-order valence-corrected chi connectivity index (χ3v) is 18.6. The normalized spacial score (nSPS) is 17.8. The molecule has 1 saturated heterocycles. The predicted octanol–water partition coefficient (Wildman–Crippen LogP) is 20.4. The summed E-state index contributed by atoms with van der Waals surface area (Å²) >= 11 is 0. The molecule has 11 nitrogen and oxygen atoms in total. The molecule has 1 fully saturated rings. The lowest BCUT2D eigenvalue weighted by Crippen LogP contribution is -2.60. The Labute approximate surface area is 543 Å². The van der Waals surface area contributed by atoms with Crippen LogP contribution in [0.15, 0.2) is 24.3 Å². The number of amides is 1. The number of carbonyl (C=O) groups is 2. The average Bonchev–Trinajstić information content (AvgIpc) is 2.84. The lowest BCUT2D eigenvalue weighted by Gasteiger charge is -2.40. The Bertz CT molecular complexity index is 1510. The average molecular weight is 1250 g/mol. The van der Waals surface area contributed by atoms with Crippen molar-refractivity contribution in [3.05, 3.63) is 24.3 Å². The van der Waals surface area contributed by atoms with Gasteiger partial charge in [0, 0.05) is 12.8 Å². The number of aliphatic hydroxyl groups excluding tert-OH is 5. The molecule has 11 heteroatoms. The highest BCUT2D eigenvalue weighted by Gasteiger charge is 2.44. The van der Waals surface area contributed by atoms with E-state index in [1.165, 1.54) is 308 Å². The lowest BCUT2D eigenvalue weighted by molar-refractivity contribution is -0.302. The fourth-order valence-corrected chi connectivity index (χ4v) is 12.5. The van der Waals surface area contributed by atoms with E-state index >= 15 is 0 Å². The fourth-order valence-electron chi connectivity index (χ4n) is 12.5. The van der Waals surface area contributed by atoms with E-state index in [1.54, 1.807) is 6.08 Å². The molecule has 1 aliphatic rings. The van der Waals surface area contributed by atoms with Crippen LogP contribution in [0.3, 0.4) is 0 Å². The fraction of sp³-hybridized carbons (Fsp3) is 0.922. The summed E-state index contributed by atoms with van der Waals surface area (Å²) < 4.78 is 16.7. The molecule has 0 radical (unpaired) electrons. The van der Waals surface area contributed by atoms with E-state index < -0.39 is 49.5 Å². The van der Waals surface area contributed by atoms with Crippen molar-refractivity contribution in [1.82, 2.24) is 5.32 Å². The summed E-state index contributed by atoms with van der Waals surface area (Å²) in [5, 5.41) is 54.4. The molecule has 6 N–H and O–H groups in total. The van der Waals surface area contributed by atoms with Crippen molar-refractivity contribution in [3.8, 4) is 0 Å². The number of esters is 1. The molecule has 1 aliphatic heterocycles. The molecule has 0 saturated carbocycles. The molecule has 0 bridgehead atoms. The Kier molecular flexibility index (Phi) is 63.7. The first kappa shape index (κ1) is 84.2. The zero-order chi connectivity index (χ0) is 63.7. The Morgan fingerprint density at radius 1 is 0.409 bits per heavy atom. The lowest BCUT2D eigenvalue weighted by atomic mass is 9.99. The number of carbonyl (C=O) groups excluding carboxylic acids is 2. The van der Waals surface area contributed by atoms with Crippen molar-refractivity contribution in [2.45, 2.75) is 436 Å². The molecule has 7 atom stereocenters. The molecule has 1 rings (SSSR count). The standard InChI is InChI=1S/C77H147NO10/c1-3-5-7-9-11-13-15-41-45-49-53-57-61-65-73(82)86-66-62-58-54-50-46-43-40-38-36-34-32-30-28-26-24-22-20-18-16-17-19-21-23-25-27-29-31-33-35-37-39-42-44-48-52-56-60-64-72(81)78-69(68-87-77-76(85)75(84)74(83)71(67-79)88-77)70(80)63-59-55-51-47-14-12-10-8-6-4-2/h13,15,59,63,69-71,74-77,79-80,83-85H,3-12,14,16-58,60-62,64-68H2,1-2H3,(H,78,81)/b15-13-,63-59+. The summed E-state index contributed by atoms with van der Waals surface area (Å²) in [5.74, 6) is -0.167. The second kappa shape index (κ2) is 66.6. The van der Waals surface area contributed by atoms with Crippen LogP contribution in [0.4, 0.5) is 0 Å². The Morgan fingerprint density at radius 2 is 0.727 bits per heavy atom. The van der Waals surface area contributed by atoms with Crippen LogP contribution in [0.1, 0.15) is 393 Å². The van der Waals surface area contributed by atoms with E-state index in [4.69, 9.17) is 14.2 Å². The van der Waals surface area contributed by atoms with E-state index in [0.29, 0.717) is 19.4 Å². The number of aliphatic hydroxyl groups is 5. The smallest absolute Gasteiger partial charge is 0.305 e. The van der Waals surface area contributed by atoms with Gasteiger partial charge < -0.3 is 45.1 Å². The molecule has 0 aromatic rings. The maximum absolute atomic E-state index is 13.0. The maximum Gasteiger partial charge on any atom is 0.305 e. The molecule has 0 aromatic heterocycles. The van der Waals surface area contributed by atoms with Crippen molar-refractivity contribution in [2.75, 3.05) is 19.8 Å². The van der Waals surface area contributed by atoms with Gasteiger partial charge in [0.25, 0.3) is 0 Å². The minimum atomic E-state index is -1.57. The van der Waals surface area contributed by atoms with Gasteiger partial charge in [0.15, 0.2) is 6.29 Å². The highest BCUT2D eigenvalue weighted by molar-refractivity contribution is 5.76. The maximum atomic E-state index is 13.0. The number of ether oxygens (including phenoxy) is 3. The van der Waals surface area contributed by atoms with E-state index in [0.717, 1.165) is 57.8 Å². The van der Waals surface area contributed by atoms with Gasteiger partial charge in [0.1, 0.15) is 24.4 Å². The van der Waals surface area contributed by atoms with Gasteiger partial charge in [-0.3, -0.25) is 9.59 Å². The zero-order valence-electron chi connectivity index (χ0n) is 58.0. The molecular formula is C77H147NO10. The van der Waals surface area contributed by atoms with Crippen LogP contribution in [0, 0.1) is 0 Å². The highest BCUT2D eigenvalue weighted by atomic mass is 16.7. The summed E-state index contributed by atoms with van der Waals surface area (Å²) in [6.07, 6.45) is 75.0. The quantitative estimate of drug-likeness (QED) is 0.0195. The van der Waals surface area contributed by atoms with Crippen LogP contribution < -0.4 is 5.32 Å². The van der Waals surface area contributed by atoms with Gasteiger partial charge in [-0.05, 0) is 57.8 Å². The minimum Gasteiger partial charge on any atom is -0.466 e. The predicted molar refractivity (Wildman–Crippen MR) is 371 cm³/mol. The van der Waals surface area contributed by atoms with Gasteiger partial charge in [-0.1, -0.05) is 346 Å². The molecule has 1 amide bonds. The third-order valence-electron chi connectivity index (χ3n) is 18.6. The SMILES string of the molecule is CCCCCC/C=C\CCCCCCCC(=O)OCCCCCCCCCCCCCCCCCCCCCCCCCCCCCCCCCCCCCCCC(=O)NC(COC1OC(CO)C(O)C(O)C1O)C(O)/C=C/CCCCCCCCCC. The van der Waals surface area contributed by atoms with E-state index in [-0.39, 0.29) is 18.5 Å². The summed E-state index contributed by atoms with van der Waals surface area (Å²) in [5.41, 5.74) is 0. The van der Waals surface area contributed by atoms with E-state index in [9.17, 15) is 35.1 Å².